The van der Waals surface area contributed by atoms with Gasteiger partial charge in [-0.25, -0.2) is 0 Å². The van der Waals surface area contributed by atoms with Gasteiger partial charge < -0.3 is 4.90 Å². The van der Waals surface area contributed by atoms with Crippen LogP contribution in [0.3, 0.4) is 0 Å². The second-order valence-corrected chi connectivity index (χ2v) is 5.07. The maximum atomic E-state index is 12.0. The van der Waals surface area contributed by atoms with E-state index in [1.165, 1.54) is 12.1 Å². The highest BCUT2D eigenvalue weighted by atomic mass is 32.1. The Balaban J connectivity index is 2.26. The number of benzene rings is 1. The van der Waals surface area contributed by atoms with Gasteiger partial charge in [0.25, 0.3) is 5.69 Å². The fourth-order valence-electron chi connectivity index (χ4n) is 2.26. The largest absolute Gasteiger partial charge is 0.312 e. The van der Waals surface area contributed by atoms with Crippen LogP contribution in [-0.2, 0) is 11.2 Å². The van der Waals surface area contributed by atoms with E-state index >= 15 is 0 Å². The van der Waals surface area contributed by atoms with Crippen LogP contribution < -0.4 is 4.90 Å². The molecule has 1 atom stereocenters. The zero-order valence-electron chi connectivity index (χ0n) is 10.7. The monoisotopic (exact) mass is 280 g/mol. The summed E-state index contributed by atoms with van der Waals surface area (Å²) < 4.78 is 0. The third-order valence-corrected chi connectivity index (χ3v) is 4.00. The van der Waals surface area contributed by atoms with Crippen LogP contribution in [0.4, 0.5) is 11.4 Å². The lowest BCUT2D eigenvalue weighted by molar-refractivity contribution is -0.384. The lowest BCUT2D eigenvalue weighted by atomic mass is 10.1. The Morgan fingerprint density at radius 2 is 2.26 bits per heavy atom. The number of carbonyl (C=O) groups excluding carboxylic acids is 1. The first-order valence-electron chi connectivity index (χ1n) is 6.25. The van der Waals surface area contributed by atoms with Crippen LogP contribution in [0.5, 0.6) is 0 Å². The van der Waals surface area contributed by atoms with E-state index in [2.05, 4.69) is 19.6 Å². The maximum Gasteiger partial charge on any atom is 0.269 e. The highest BCUT2D eigenvalue weighted by Crippen LogP contribution is 2.32. The summed E-state index contributed by atoms with van der Waals surface area (Å²) in [6.07, 6.45) is 1.20. The molecule has 0 radical (unpaired) electrons. The summed E-state index contributed by atoms with van der Waals surface area (Å²) in [6.45, 7) is 2.70. The zero-order chi connectivity index (χ0) is 14.0. The van der Waals surface area contributed by atoms with Crippen molar-refractivity contribution in [3.05, 3.63) is 33.9 Å². The predicted molar refractivity (Wildman–Crippen MR) is 76.8 cm³/mol. The Morgan fingerprint density at radius 1 is 1.53 bits per heavy atom. The molecule has 1 heterocycles. The smallest absolute Gasteiger partial charge is 0.269 e. The second kappa shape index (κ2) is 5.61. The number of hydrogen-bond donors (Lipinski definition) is 1. The number of nitrogens with zero attached hydrogens (tertiary/aromatic N) is 2. The van der Waals surface area contributed by atoms with Gasteiger partial charge in [0.15, 0.2) is 0 Å². The average Bonchev–Trinajstić information content (AvgIpc) is 2.70. The molecule has 102 valence electrons. The minimum absolute atomic E-state index is 0.00994. The van der Waals surface area contributed by atoms with Crippen molar-refractivity contribution in [2.45, 2.75) is 19.8 Å². The van der Waals surface area contributed by atoms with E-state index in [9.17, 15) is 14.9 Å². The second-order valence-electron chi connectivity index (χ2n) is 4.71. The quantitative estimate of drug-likeness (QED) is 0.512. The maximum absolute atomic E-state index is 12.0. The summed E-state index contributed by atoms with van der Waals surface area (Å²) in [4.78, 5) is 24.0. The number of nitro benzene ring substituents is 1. The number of hydrogen-bond acceptors (Lipinski definition) is 4. The molecule has 19 heavy (non-hydrogen) atoms. The molecule has 1 unspecified atom stereocenters. The van der Waals surface area contributed by atoms with Crippen molar-refractivity contribution < 1.29 is 9.72 Å². The number of carbonyl (C=O) groups is 1. The van der Waals surface area contributed by atoms with Crippen LogP contribution in [-0.4, -0.2) is 23.1 Å². The van der Waals surface area contributed by atoms with Gasteiger partial charge in [0.1, 0.15) is 0 Å². The van der Waals surface area contributed by atoms with Crippen molar-refractivity contribution in [3.8, 4) is 0 Å². The summed E-state index contributed by atoms with van der Waals surface area (Å²) in [6, 6.07) is 4.62. The van der Waals surface area contributed by atoms with Crippen LogP contribution in [0.25, 0.3) is 0 Å². The molecule has 0 bridgehead atoms. The van der Waals surface area contributed by atoms with Gasteiger partial charge in [-0.1, -0.05) is 13.3 Å². The molecule has 1 aliphatic rings. The molecule has 0 saturated heterocycles. The van der Waals surface area contributed by atoms with E-state index in [-0.39, 0.29) is 18.0 Å². The van der Waals surface area contributed by atoms with Gasteiger partial charge in [-0.15, -0.1) is 0 Å². The fourth-order valence-corrected chi connectivity index (χ4v) is 2.63. The minimum Gasteiger partial charge on any atom is -0.312 e. The molecular formula is C13H16N2O3S. The Bertz CT molecular complexity index is 515. The average molecular weight is 280 g/mol. The van der Waals surface area contributed by atoms with Crippen molar-refractivity contribution in [3.63, 3.8) is 0 Å². The molecule has 0 spiro atoms. The third kappa shape index (κ3) is 2.73. The number of nitro groups is 1. The van der Waals surface area contributed by atoms with Gasteiger partial charge >= 0.3 is 0 Å². The van der Waals surface area contributed by atoms with Gasteiger partial charge in [-0.05, 0) is 23.3 Å². The zero-order valence-corrected chi connectivity index (χ0v) is 11.6. The van der Waals surface area contributed by atoms with E-state index < -0.39 is 4.92 Å². The summed E-state index contributed by atoms with van der Waals surface area (Å²) in [5.74, 6) is 1.08. The van der Waals surface area contributed by atoms with Crippen molar-refractivity contribution in [1.29, 1.82) is 0 Å². The first kappa shape index (κ1) is 13.9. The summed E-state index contributed by atoms with van der Waals surface area (Å²) >= 11 is 4.28. The number of anilines is 1. The number of amides is 1. The number of thiol groups is 1. The molecule has 2 rings (SSSR count). The lowest BCUT2D eigenvalue weighted by Crippen LogP contribution is -2.32. The standard InChI is InChI=1S/C13H16N2O3S/c1-2-9(8-19)7-14-12-4-3-11(15(17)18)5-10(12)6-13(14)16/h3-5,9,19H,2,6-8H2,1H3. The molecule has 1 aromatic carbocycles. The molecule has 0 aromatic heterocycles. The topological polar surface area (TPSA) is 63.5 Å². The predicted octanol–water partition coefficient (Wildman–Crippen LogP) is 2.44. The highest BCUT2D eigenvalue weighted by molar-refractivity contribution is 7.80. The molecule has 1 amide bonds. The van der Waals surface area contributed by atoms with E-state index in [1.807, 2.05) is 0 Å². The Hall–Kier alpha value is -1.56. The molecule has 0 saturated carbocycles. The summed E-state index contributed by atoms with van der Waals surface area (Å²) in [5.41, 5.74) is 1.58. The van der Waals surface area contributed by atoms with Gasteiger partial charge in [-0.3, -0.25) is 14.9 Å². The van der Waals surface area contributed by atoms with Crippen LogP contribution in [0.2, 0.25) is 0 Å². The third-order valence-electron chi connectivity index (χ3n) is 3.48. The van der Waals surface area contributed by atoms with Gasteiger partial charge in [0.05, 0.1) is 11.3 Å². The molecule has 1 aliphatic heterocycles. The lowest BCUT2D eigenvalue weighted by Gasteiger charge is -2.22. The summed E-state index contributed by atoms with van der Waals surface area (Å²) in [7, 11) is 0. The normalized spacial score (nSPS) is 15.5. The van der Waals surface area contributed by atoms with Crippen molar-refractivity contribution in [1.82, 2.24) is 0 Å². The van der Waals surface area contributed by atoms with Crippen molar-refractivity contribution in [2.75, 3.05) is 17.2 Å². The number of fused-ring (bicyclic) bond motifs is 1. The van der Waals surface area contributed by atoms with Crippen LogP contribution >= 0.6 is 12.6 Å². The SMILES string of the molecule is CCC(CS)CN1C(=O)Cc2cc([N+](=O)[O-])ccc21. The van der Waals surface area contributed by atoms with Gasteiger partial charge in [0, 0.05) is 24.4 Å². The first-order chi connectivity index (χ1) is 9.06. The number of non-ortho nitro benzene ring substituents is 1. The van der Waals surface area contributed by atoms with Crippen LogP contribution in [0, 0.1) is 16.0 Å². The Labute approximate surface area is 117 Å². The van der Waals surface area contributed by atoms with Gasteiger partial charge in [-0.2, -0.15) is 12.6 Å². The van der Waals surface area contributed by atoms with Gasteiger partial charge in [0.2, 0.25) is 5.91 Å². The highest BCUT2D eigenvalue weighted by Gasteiger charge is 2.29. The van der Waals surface area contributed by atoms with E-state index in [0.29, 0.717) is 12.5 Å². The molecular weight excluding hydrogens is 264 g/mol. The number of rotatable bonds is 5. The molecule has 5 nitrogen and oxygen atoms in total. The Morgan fingerprint density at radius 3 is 2.84 bits per heavy atom. The van der Waals surface area contributed by atoms with Crippen molar-refractivity contribution >= 4 is 29.9 Å². The molecule has 0 N–H and O–H groups in total. The molecule has 0 aliphatic carbocycles. The first-order valence-corrected chi connectivity index (χ1v) is 6.88. The Kier molecular flexibility index (Phi) is 4.09. The fraction of sp³-hybridized carbons (Fsp3) is 0.462. The van der Waals surface area contributed by atoms with E-state index in [1.54, 1.807) is 11.0 Å². The van der Waals surface area contributed by atoms with E-state index in [4.69, 9.17) is 0 Å². The molecule has 6 heteroatoms. The summed E-state index contributed by atoms with van der Waals surface area (Å²) in [5, 5.41) is 10.7. The van der Waals surface area contributed by atoms with E-state index in [0.717, 1.165) is 23.4 Å². The molecule has 1 aromatic rings. The molecule has 0 fully saturated rings. The van der Waals surface area contributed by atoms with Crippen LogP contribution in [0.1, 0.15) is 18.9 Å². The van der Waals surface area contributed by atoms with Crippen molar-refractivity contribution in [2.24, 2.45) is 5.92 Å². The van der Waals surface area contributed by atoms with Crippen LogP contribution in [0.15, 0.2) is 18.2 Å². The minimum atomic E-state index is -0.435.